The van der Waals surface area contributed by atoms with Crippen molar-refractivity contribution in [2.45, 2.75) is 70.6 Å². The molecule has 5 heteroatoms. The number of unbranched alkanes of at least 4 members (excludes halogenated alkanes) is 4. The maximum Gasteiger partial charge on any atom is 0.416 e. The molecule has 3 radical (unpaired) electrons. The third-order valence-corrected chi connectivity index (χ3v) is 4.33. The van der Waals surface area contributed by atoms with E-state index in [1.54, 1.807) is 6.07 Å². The number of hydrogen-bond donors (Lipinski definition) is 0. The molecule has 0 aliphatic rings. The zero-order chi connectivity index (χ0) is 16.6. The Morgan fingerprint density at radius 2 is 1.64 bits per heavy atom. The Bertz CT molecular complexity index is 444. The zero-order valence-corrected chi connectivity index (χ0v) is 14.3. The van der Waals surface area contributed by atoms with Gasteiger partial charge >= 0.3 is 6.18 Å². The third-order valence-electron chi connectivity index (χ3n) is 3.77. The highest BCUT2D eigenvalue weighted by Gasteiger charge is 2.30. The van der Waals surface area contributed by atoms with Crippen LogP contribution in [0.4, 0.5) is 13.2 Å². The molecule has 22 heavy (non-hydrogen) atoms. The lowest BCUT2D eigenvalue weighted by atomic mass is 9.99. The molecular weight excluding hydrogens is 305 g/mol. The molecule has 0 bridgehead atoms. The lowest BCUT2D eigenvalue weighted by Crippen LogP contribution is -2.22. The van der Waals surface area contributed by atoms with Gasteiger partial charge in [-0.05, 0) is 44.7 Å². The van der Waals surface area contributed by atoms with Gasteiger partial charge in [-0.25, -0.2) is 0 Å². The first kappa shape index (κ1) is 19.2. The van der Waals surface area contributed by atoms with Crippen molar-refractivity contribution in [3.05, 3.63) is 35.4 Å². The third kappa shape index (κ3) is 7.45. The second kappa shape index (κ2) is 8.72. The minimum atomic E-state index is -4.25. The summed E-state index contributed by atoms with van der Waals surface area (Å²) in [6.45, 7) is 4.07. The molecular formula is C17H24F3OSi. The van der Waals surface area contributed by atoms with E-state index < -0.39 is 11.7 Å². The van der Waals surface area contributed by atoms with E-state index in [4.69, 9.17) is 4.43 Å². The van der Waals surface area contributed by atoms with E-state index in [0.717, 1.165) is 50.2 Å². The van der Waals surface area contributed by atoms with Crippen LogP contribution in [-0.2, 0) is 17.0 Å². The van der Waals surface area contributed by atoms with Gasteiger partial charge in [0.05, 0.1) is 5.56 Å². The fourth-order valence-electron chi connectivity index (χ4n) is 2.36. The summed E-state index contributed by atoms with van der Waals surface area (Å²) >= 11 is 0. The number of hydrogen-bond acceptors (Lipinski definition) is 1. The molecule has 1 rings (SSSR count). The van der Waals surface area contributed by atoms with Crippen molar-refractivity contribution in [2.75, 3.05) is 0 Å². The first-order chi connectivity index (χ1) is 10.2. The Labute approximate surface area is 134 Å². The van der Waals surface area contributed by atoms with Crippen LogP contribution in [0.1, 0.15) is 63.5 Å². The highest BCUT2D eigenvalue weighted by atomic mass is 28.2. The summed E-state index contributed by atoms with van der Waals surface area (Å²) in [4.78, 5) is 0. The molecule has 0 N–H and O–H groups in total. The van der Waals surface area contributed by atoms with Crippen molar-refractivity contribution in [1.82, 2.24) is 0 Å². The standard InChI is InChI=1S/C17H24F3OSi/c1-16(2,21-22)12-7-5-3-4-6-9-14-10-8-11-15(13-14)17(18,19)20/h8,10-11,13H,3-7,9,12H2,1-2H3. The fourth-order valence-corrected chi connectivity index (χ4v) is 2.47. The maximum absolute atomic E-state index is 12.6. The average molecular weight is 329 g/mol. The lowest BCUT2D eigenvalue weighted by Gasteiger charge is -2.22. The molecule has 0 unspecified atom stereocenters. The summed E-state index contributed by atoms with van der Waals surface area (Å²) in [6.07, 6.45) is 2.76. The Hall–Kier alpha value is -0.813. The van der Waals surface area contributed by atoms with Crippen molar-refractivity contribution >= 4 is 10.5 Å². The summed E-state index contributed by atoms with van der Waals surface area (Å²) in [5, 5.41) is 0. The summed E-state index contributed by atoms with van der Waals surface area (Å²) in [5.74, 6) is 0. The monoisotopic (exact) mass is 329 g/mol. The van der Waals surface area contributed by atoms with Crippen LogP contribution in [0.25, 0.3) is 0 Å². The van der Waals surface area contributed by atoms with Gasteiger partial charge in [0.25, 0.3) is 0 Å². The fraction of sp³-hybridized carbons (Fsp3) is 0.647. The molecule has 123 valence electrons. The van der Waals surface area contributed by atoms with Gasteiger partial charge < -0.3 is 4.43 Å². The van der Waals surface area contributed by atoms with E-state index in [1.807, 2.05) is 13.8 Å². The van der Waals surface area contributed by atoms with Crippen LogP contribution in [-0.4, -0.2) is 16.1 Å². The quantitative estimate of drug-likeness (QED) is 0.431. The minimum absolute atomic E-state index is 0.144. The normalized spacial score (nSPS) is 12.6. The van der Waals surface area contributed by atoms with Crippen LogP contribution >= 0.6 is 0 Å². The molecule has 0 atom stereocenters. The molecule has 1 aromatic rings. The maximum atomic E-state index is 12.6. The van der Waals surface area contributed by atoms with E-state index in [2.05, 4.69) is 10.5 Å². The molecule has 0 fully saturated rings. The number of benzene rings is 1. The summed E-state index contributed by atoms with van der Waals surface area (Å²) in [5.41, 5.74) is 0.0692. The first-order valence-corrected chi connectivity index (χ1v) is 8.16. The molecule has 0 heterocycles. The molecule has 0 amide bonds. The second-order valence-electron chi connectivity index (χ2n) is 6.33. The number of rotatable bonds is 9. The van der Waals surface area contributed by atoms with Crippen molar-refractivity contribution in [3.8, 4) is 0 Å². The highest BCUT2D eigenvalue weighted by molar-refractivity contribution is 5.98. The van der Waals surface area contributed by atoms with Gasteiger partial charge in [-0.15, -0.1) is 0 Å². The van der Waals surface area contributed by atoms with Gasteiger partial charge in [0.1, 0.15) is 0 Å². The Morgan fingerprint density at radius 3 is 2.27 bits per heavy atom. The first-order valence-electron chi connectivity index (χ1n) is 7.75. The predicted octanol–water partition coefficient (Wildman–Crippen LogP) is 5.47. The molecule has 0 saturated heterocycles. The smallest absolute Gasteiger partial charge is 0.414 e. The van der Waals surface area contributed by atoms with E-state index in [-0.39, 0.29) is 5.60 Å². The summed E-state index contributed by atoms with van der Waals surface area (Å²) in [6, 6.07) is 5.64. The van der Waals surface area contributed by atoms with E-state index in [0.29, 0.717) is 6.42 Å². The SMILES string of the molecule is CC(C)(CCCCCCCc1cccc(C(F)(F)F)c1)O[Si]. The minimum Gasteiger partial charge on any atom is -0.414 e. The predicted molar refractivity (Wildman–Crippen MR) is 83.8 cm³/mol. The lowest BCUT2D eigenvalue weighted by molar-refractivity contribution is -0.137. The van der Waals surface area contributed by atoms with Crippen LogP contribution in [0.15, 0.2) is 24.3 Å². The van der Waals surface area contributed by atoms with E-state index >= 15 is 0 Å². The van der Waals surface area contributed by atoms with Crippen molar-refractivity contribution in [1.29, 1.82) is 0 Å². The molecule has 0 aliphatic carbocycles. The Kier molecular flexibility index (Phi) is 7.63. The Morgan fingerprint density at radius 1 is 1.00 bits per heavy atom. The van der Waals surface area contributed by atoms with Crippen LogP contribution in [0, 0.1) is 0 Å². The zero-order valence-electron chi connectivity index (χ0n) is 13.3. The van der Waals surface area contributed by atoms with Gasteiger partial charge in [-0.1, -0.05) is 43.9 Å². The van der Waals surface area contributed by atoms with Gasteiger partial charge in [0.15, 0.2) is 0 Å². The van der Waals surface area contributed by atoms with Crippen LogP contribution < -0.4 is 0 Å². The molecule has 0 spiro atoms. The van der Waals surface area contributed by atoms with Gasteiger partial charge in [0.2, 0.25) is 10.5 Å². The molecule has 1 aromatic carbocycles. The van der Waals surface area contributed by atoms with Crippen LogP contribution in [0.3, 0.4) is 0 Å². The van der Waals surface area contributed by atoms with Crippen molar-refractivity contribution in [2.24, 2.45) is 0 Å². The van der Waals surface area contributed by atoms with E-state index in [1.165, 1.54) is 12.1 Å². The molecule has 0 saturated carbocycles. The van der Waals surface area contributed by atoms with Gasteiger partial charge in [-0.2, -0.15) is 13.2 Å². The number of aryl methyl sites for hydroxylation is 1. The van der Waals surface area contributed by atoms with Crippen LogP contribution in [0.2, 0.25) is 0 Å². The second-order valence-corrected chi connectivity index (χ2v) is 6.53. The van der Waals surface area contributed by atoms with E-state index in [9.17, 15) is 13.2 Å². The van der Waals surface area contributed by atoms with Gasteiger partial charge in [0, 0.05) is 5.60 Å². The topological polar surface area (TPSA) is 9.23 Å². The Balaban J connectivity index is 2.20. The highest BCUT2D eigenvalue weighted by Crippen LogP contribution is 2.29. The number of halogens is 3. The number of alkyl halides is 3. The summed E-state index contributed by atoms with van der Waals surface area (Å²) < 4.78 is 43.0. The van der Waals surface area contributed by atoms with Crippen molar-refractivity contribution < 1.29 is 17.6 Å². The van der Waals surface area contributed by atoms with Gasteiger partial charge in [-0.3, -0.25) is 0 Å². The van der Waals surface area contributed by atoms with Crippen molar-refractivity contribution in [3.63, 3.8) is 0 Å². The molecule has 0 aliphatic heterocycles. The largest absolute Gasteiger partial charge is 0.416 e. The molecule has 0 aromatic heterocycles. The molecule has 1 nitrogen and oxygen atoms in total. The summed E-state index contributed by atoms with van der Waals surface area (Å²) in [7, 11) is 3.08. The van der Waals surface area contributed by atoms with Crippen LogP contribution in [0.5, 0.6) is 0 Å². The average Bonchev–Trinajstić information content (AvgIpc) is 2.45.